The molecule has 2 aromatic rings. The van der Waals surface area contributed by atoms with Gasteiger partial charge in [0.2, 0.25) is 0 Å². The summed E-state index contributed by atoms with van der Waals surface area (Å²) in [5, 5.41) is 11.5. The Morgan fingerprint density at radius 3 is 2.50 bits per heavy atom. The quantitative estimate of drug-likeness (QED) is 0.858. The fourth-order valence-corrected chi connectivity index (χ4v) is 3.08. The van der Waals surface area contributed by atoms with Crippen LogP contribution in [0, 0.1) is 11.3 Å². The van der Waals surface area contributed by atoms with Gasteiger partial charge in [0.05, 0.1) is 11.1 Å². The molecule has 1 fully saturated rings. The highest BCUT2D eigenvalue weighted by Crippen LogP contribution is 2.32. The van der Waals surface area contributed by atoms with Crippen LogP contribution in [0.15, 0.2) is 30.6 Å². The number of halogens is 3. The van der Waals surface area contributed by atoms with E-state index in [0.717, 1.165) is 37.9 Å². The molecule has 9 heteroatoms. The van der Waals surface area contributed by atoms with Crippen LogP contribution in [-0.2, 0) is 6.18 Å². The maximum absolute atomic E-state index is 13.2. The van der Waals surface area contributed by atoms with Crippen molar-refractivity contribution in [3.8, 4) is 6.07 Å². The number of hydrogen-bond acceptors (Lipinski definition) is 5. The lowest BCUT2D eigenvalue weighted by molar-refractivity contribution is -0.137. The SMILES string of the molecule is N#Cc1cc(NC(=O)c2cc(C(F)(F)F)cnc2N2CCCCCC2)ccn1. The van der Waals surface area contributed by atoms with Crippen LogP contribution in [0.1, 0.15) is 47.3 Å². The molecule has 0 unspecified atom stereocenters. The Labute approximate surface area is 160 Å². The van der Waals surface area contributed by atoms with E-state index < -0.39 is 17.6 Å². The van der Waals surface area contributed by atoms with Crippen LogP contribution in [0.25, 0.3) is 0 Å². The predicted molar refractivity (Wildman–Crippen MR) is 96.8 cm³/mol. The zero-order chi connectivity index (χ0) is 20.1. The lowest BCUT2D eigenvalue weighted by Gasteiger charge is -2.24. The Morgan fingerprint density at radius 1 is 1.14 bits per heavy atom. The summed E-state index contributed by atoms with van der Waals surface area (Å²) < 4.78 is 39.5. The van der Waals surface area contributed by atoms with Crippen molar-refractivity contribution in [2.24, 2.45) is 0 Å². The zero-order valence-electron chi connectivity index (χ0n) is 15.0. The summed E-state index contributed by atoms with van der Waals surface area (Å²) in [6, 6.07) is 5.49. The molecule has 1 saturated heterocycles. The molecule has 28 heavy (non-hydrogen) atoms. The second-order valence-electron chi connectivity index (χ2n) is 6.49. The molecule has 0 radical (unpaired) electrons. The number of amides is 1. The van der Waals surface area contributed by atoms with Gasteiger partial charge in [-0.3, -0.25) is 4.79 Å². The minimum absolute atomic E-state index is 0.0905. The predicted octanol–water partition coefficient (Wildman–Crippen LogP) is 4.00. The molecule has 0 aromatic carbocycles. The number of pyridine rings is 2. The Bertz CT molecular complexity index is 899. The number of hydrogen-bond donors (Lipinski definition) is 1. The molecule has 0 saturated carbocycles. The van der Waals surface area contributed by atoms with Gasteiger partial charge in [-0.05, 0) is 31.0 Å². The van der Waals surface area contributed by atoms with E-state index in [1.165, 1.54) is 18.3 Å². The molecule has 0 atom stereocenters. The van der Waals surface area contributed by atoms with Gasteiger partial charge in [-0.2, -0.15) is 18.4 Å². The number of nitrogens with one attached hydrogen (secondary N) is 1. The van der Waals surface area contributed by atoms with Crippen molar-refractivity contribution >= 4 is 17.4 Å². The summed E-state index contributed by atoms with van der Waals surface area (Å²) in [4.78, 5) is 22.4. The third kappa shape index (κ3) is 4.57. The highest BCUT2D eigenvalue weighted by molar-refractivity contribution is 6.07. The summed E-state index contributed by atoms with van der Waals surface area (Å²) in [7, 11) is 0. The van der Waals surface area contributed by atoms with E-state index in [2.05, 4.69) is 15.3 Å². The second kappa shape index (κ2) is 8.25. The molecule has 3 rings (SSSR count). The number of nitrogens with zero attached hydrogens (tertiary/aromatic N) is 4. The van der Waals surface area contributed by atoms with Crippen LogP contribution in [0.4, 0.5) is 24.7 Å². The lowest BCUT2D eigenvalue weighted by Crippen LogP contribution is -2.28. The summed E-state index contributed by atoms with van der Waals surface area (Å²) in [5.41, 5.74) is -0.765. The number of alkyl halides is 3. The monoisotopic (exact) mass is 389 g/mol. The van der Waals surface area contributed by atoms with E-state index in [9.17, 15) is 18.0 Å². The van der Waals surface area contributed by atoms with Gasteiger partial charge in [0.25, 0.3) is 5.91 Å². The van der Waals surface area contributed by atoms with Crippen molar-refractivity contribution < 1.29 is 18.0 Å². The van der Waals surface area contributed by atoms with Crippen molar-refractivity contribution in [1.82, 2.24) is 9.97 Å². The third-order valence-electron chi connectivity index (χ3n) is 4.48. The fraction of sp³-hybridized carbons (Fsp3) is 0.368. The van der Waals surface area contributed by atoms with Gasteiger partial charge >= 0.3 is 6.18 Å². The first-order chi connectivity index (χ1) is 13.4. The van der Waals surface area contributed by atoms with Gasteiger partial charge < -0.3 is 10.2 Å². The Hall–Kier alpha value is -3.15. The van der Waals surface area contributed by atoms with Crippen LogP contribution < -0.4 is 10.2 Å². The first-order valence-electron chi connectivity index (χ1n) is 8.88. The molecule has 1 N–H and O–H groups in total. The van der Waals surface area contributed by atoms with Crippen molar-refractivity contribution in [3.05, 3.63) is 47.4 Å². The highest BCUT2D eigenvalue weighted by Gasteiger charge is 2.33. The molecule has 6 nitrogen and oxygen atoms in total. The number of rotatable bonds is 3. The Balaban J connectivity index is 1.97. The van der Waals surface area contributed by atoms with Gasteiger partial charge in [0.15, 0.2) is 0 Å². The number of carbonyl (C=O) groups excluding carboxylic acids is 1. The van der Waals surface area contributed by atoms with E-state index in [1.54, 1.807) is 0 Å². The van der Waals surface area contributed by atoms with Crippen molar-refractivity contribution in [2.75, 3.05) is 23.3 Å². The summed E-state index contributed by atoms with van der Waals surface area (Å²) in [6.45, 7) is 1.26. The topological polar surface area (TPSA) is 81.9 Å². The Morgan fingerprint density at radius 2 is 1.86 bits per heavy atom. The zero-order valence-corrected chi connectivity index (χ0v) is 15.0. The average Bonchev–Trinajstić information content (AvgIpc) is 2.96. The maximum Gasteiger partial charge on any atom is 0.417 e. The van der Waals surface area contributed by atoms with Crippen LogP contribution in [0.3, 0.4) is 0 Å². The minimum atomic E-state index is -4.61. The molecule has 1 amide bonds. The lowest BCUT2D eigenvalue weighted by atomic mass is 10.1. The maximum atomic E-state index is 13.2. The number of nitriles is 1. The molecular weight excluding hydrogens is 371 g/mol. The molecular formula is C19H18F3N5O. The minimum Gasteiger partial charge on any atom is -0.356 e. The van der Waals surface area contributed by atoms with Gasteiger partial charge in [-0.25, -0.2) is 9.97 Å². The van der Waals surface area contributed by atoms with E-state index in [-0.39, 0.29) is 22.8 Å². The smallest absolute Gasteiger partial charge is 0.356 e. The molecule has 0 bridgehead atoms. The number of anilines is 2. The summed E-state index contributed by atoms with van der Waals surface area (Å²) >= 11 is 0. The molecule has 0 spiro atoms. The first-order valence-corrected chi connectivity index (χ1v) is 8.88. The molecule has 1 aliphatic rings. The second-order valence-corrected chi connectivity index (χ2v) is 6.49. The highest BCUT2D eigenvalue weighted by atomic mass is 19.4. The normalized spacial score (nSPS) is 14.9. The van der Waals surface area contributed by atoms with E-state index >= 15 is 0 Å². The van der Waals surface area contributed by atoms with Crippen molar-refractivity contribution in [3.63, 3.8) is 0 Å². The first kappa shape index (κ1) is 19.6. The van der Waals surface area contributed by atoms with E-state index in [0.29, 0.717) is 13.1 Å². The van der Waals surface area contributed by atoms with Gasteiger partial charge in [-0.15, -0.1) is 0 Å². The van der Waals surface area contributed by atoms with E-state index in [1.807, 2.05) is 11.0 Å². The van der Waals surface area contributed by atoms with Crippen LogP contribution in [-0.4, -0.2) is 29.0 Å². The van der Waals surface area contributed by atoms with Gasteiger partial charge in [-0.1, -0.05) is 12.8 Å². The van der Waals surface area contributed by atoms with Crippen LogP contribution >= 0.6 is 0 Å². The molecule has 0 aliphatic carbocycles. The van der Waals surface area contributed by atoms with Gasteiger partial charge in [0.1, 0.15) is 17.6 Å². The molecule has 2 aromatic heterocycles. The summed E-state index contributed by atoms with van der Waals surface area (Å²) in [5.74, 6) is -0.477. The van der Waals surface area contributed by atoms with Crippen molar-refractivity contribution in [2.45, 2.75) is 31.9 Å². The summed E-state index contributed by atoms with van der Waals surface area (Å²) in [6.07, 6.45) is 1.34. The molecule has 146 valence electrons. The van der Waals surface area contributed by atoms with E-state index in [4.69, 9.17) is 5.26 Å². The number of aromatic nitrogens is 2. The van der Waals surface area contributed by atoms with Crippen LogP contribution in [0.5, 0.6) is 0 Å². The van der Waals surface area contributed by atoms with Gasteiger partial charge in [0, 0.05) is 31.2 Å². The number of carbonyl (C=O) groups is 1. The standard InChI is InChI=1S/C19H18F3N5O/c20-19(21,22)13-9-16(17(25-12-13)27-7-3-1-2-4-8-27)18(28)26-14-5-6-24-15(10-14)11-23/h5-6,9-10,12H,1-4,7-8H2,(H,24,26,28). The third-order valence-corrected chi connectivity index (χ3v) is 4.48. The fourth-order valence-electron chi connectivity index (χ4n) is 3.08. The molecule has 1 aliphatic heterocycles. The van der Waals surface area contributed by atoms with Crippen LogP contribution in [0.2, 0.25) is 0 Å². The van der Waals surface area contributed by atoms with Crippen molar-refractivity contribution in [1.29, 1.82) is 5.26 Å². The molecule has 3 heterocycles. The Kier molecular flexibility index (Phi) is 5.78. The largest absolute Gasteiger partial charge is 0.417 e. The average molecular weight is 389 g/mol.